The fraction of sp³-hybridized carbons (Fsp3) is 0.886. The summed E-state index contributed by atoms with van der Waals surface area (Å²) < 4.78 is 58.9. The molecule has 0 spiro atoms. The summed E-state index contributed by atoms with van der Waals surface area (Å²) in [5.41, 5.74) is 0. The van der Waals surface area contributed by atoms with Gasteiger partial charge >= 0.3 is 16.4 Å². The van der Waals surface area contributed by atoms with Crippen LogP contribution in [0.4, 0.5) is 0 Å². The Kier molecular flexibility index (Phi) is 34.3. The molecule has 6 atom stereocenters. The Morgan fingerprint density at radius 2 is 1.16 bits per heavy atom. The van der Waals surface area contributed by atoms with Gasteiger partial charge in [0.25, 0.3) is 0 Å². The molecule has 0 saturated carbocycles. The van der Waals surface area contributed by atoms with Gasteiger partial charge in [-0.25, -0.2) is 4.18 Å². The molecule has 1 heterocycles. The van der Waals surface area contributed by atoms with Crippen molar-refractivity contribution in [1.29, 1.82) is 0 Å². The number of hydrogen-bond acceptors (Lipinski definition) is 11. The van der Waals surface area contributed by atoms with E-state index < -0.39 is 59.8 Å². The van der Waals surface area contributed by atoms with Crippen molar-refractivity contribution in [3.05, 3.63) is 24.3 Å². The van der Waals surface area contributed by atoms with Crippen LogP contribution in [0.3, 0.4) is 0 Å². The first kappa shape index (κ1) is 53.6. The van der Waals surface area contributed by atoms with Crippen molar-refractivity contribution in [3.8, 4) is 0 Å². The summed E-state index contributed by atoms with van der Waals surface area (Å²) in [7, 11) is -5.06. The molecule has 6 unspecified atom stereocenters. The number of aliphatic hydroxyl groups is 3. The van der Waals surface area contributed by atoms with Crippen LogP contribution in [0.1, 0.15) is 187 Å². The summed E-state index contributed by atoms with van der Waals surface area (Å²) >= 11 is 0. The number of carbonyl (C=O) groups excluding carboxylic acids is 1. The van der Waals surface area contributed by atoms with Crippen molar-refractivity contribution < 1.29 is 56.2 Å². The van der Waals surface area contributed by atoms with Gasteiger partial charge in [0.15, 0.2) is 6.29 Å². The molecule has 0 radical (unpaired) electrons. The van der Waals surface area contributed by atoms with E-state index in [-0.39, 0.29) is 19.6 Å². The maximum atomic E-state index is 12.7. The van der Waals surface area contributed by atoms with Gasteiger partial charge in [0.2, 0.25) is 0 Å². The first-order valence-electron chi connectivity index (χ1n) is 22.6. The molecule has 1 saturated heterocycles. The summed E-state index contributed by atoms with van der Waals surface area (Å²) in [6.45, 7) is 3.94. The van der Waals surface area contributed by atoms with Crippen LogP contribution >= 0.6 is 0 Å². The van der Waals surface area contributed by atoms with E-state index in [2.05, 4.69) is 42.3 Å². The SMILES string of the molecule is CCCCCCC/C=C\C/C=C\CCCCCCCCCCCCOCC(COC1OC(CO)C(O)C(OS(=O)(=O)O)C1O)OC(=O)CCCCCCCCCC. The molecule has 1 aliphatic heterocycles. The molecule has 0 aromatic heterocycles. The molecule has 1 rings (SSSR count). The minimum Gasteiger partial charge on any atom is -0.457 e. The van der Waals surface area contributed by atoms with Crippen LogP contribution in [-0.2, 0) is 38.3 Å². The molecule has 0 amide bonds. The standard InChI is InChI=1S/C44H82O12S/c1-3-5-7-9-11-13-14-15-16-17-18-19-20-21-22-23-24-25-26-28-30-32-34-52-36-38(54-40(46)33-31-29-27-12-10-8-6-4-2)37-53-44-42(48)43(56-57(49,50)51)41(47)39(35-45)55-44/h14-15,17-18,38-39,41-45,47-48H,3-13,16,19-37H2,1-2H3,(H,49,50,51)/b15-14-,18-17-. The van der Waals surface area contributed by atoms with E-state index in [1.165, 1.54) is 116 Å². The minimum atomic E-state index is -5.06. The molecule has 336 valence electrons. The third kappa shape index (κ3) is 30.3. The number of esters is 1. The number of unbranched alkanes of at least 4 members (excludes halogenated alkanes) is 22. The third-order valence-electron chi connectivity index (χ3n) is 10.3. The number of allylic oxidation sites excluding steroid dienone is 4. The Morgan fingerprint density at radius 1 is 0.667 bits per heavy atom. The van der Waals surface area contributed by atoms with Crippen molar-refractivity contribution >= 4 is 16.4 Å². The van der Waals surface area contributed by atoms with Crippen molar-refractivity contribution in [2.24, 2.45) is 0 Å². The maximum absolute atomic E-state index is 12.7. The average Bonchev–Trinajstić information content (AvgIpc) is 3.18. The van der Waals surface area contributed by atoms with Crippen molar-refractivity contribution in [3.63, 3.8) is 0 Å². The van der Waals surface area contributed by atoms with Gasteiger partial charge < -0.3 is 34.3 Å². The molecule has 0 aliphatic carbocycles. The van der Waals surface area contributed by atoms with Crippen LogP contribution in [0, 0.1) is 0 Å². The molecule has 0 aromatic carbocycles. The van der Waals surface area contributed by atoms with Crippen molar-refractivity contribution in [2.45, 2.75) is 224 Å². The molecular formula is C44H82O12S. The summed E-state index contributed by atoms with van der Waals surface area (Å²) in [4.78, 5) is 12.7. The molecule has 12 nitrogen and oxygen atoms in total. The largest absolute Gasteiger partial charge is 0.457 e. The Labute approximate surface area is 346 Å². The second kappa shape index (κ2) is 36.4. The van der Waals surface area contributed by atoms with Gasteiger partial charge in [-0.1, -0.05) is 160 Å². The maximum Gasteiger partial charge on any atom is 0.397 e. The van der Waals surface area contributed by atoms with Gasteiger partial charge in [0, 0.05) is 13.0 Å². The normalized spacial score (nSPS) is 20.8. The molecule has 1 fully saturated rings. The predicted octanol–water partition coefficient (Wildman–Crippen LogP) is 9.24. The Balaban J connectivity index is 2.32. The monoisotopic (exact) mass is 835 g/mol. The lowest BCUT2D eigenvalue weighted by Crippen LogP contribution is -2.60. The summed E-state index contributed by atoms with van der Waals surface area (Å²) in [6, 6.07) is 0. The fourth-order valence-electron chi connectivity index (χ4n) is 6.88. The van der Waals surface area contributed by atoms with Crippen LogP contribution in [0.15, 0.2) is 24.3 Å². The van der Waals surface area contributed by atoms with Gasteiger partial charge in [-0.3, -0.25) is 9.35 Å². The number of aliphatic hydroxyl groups excluding tert-OH is 3. The lowest BCUT2D eigenvalue weighted by Gasteiger charge is -2.41. The number of carbonyl (C=O) groups is 1. The van der Waals surface area contributed by atoms with Gasteiger partial charge in [-0.05, 0) is 44.9 Å². The van der Waals surface area contributed by atoms with E-state index in [4.69, 9.17) is 23.5 Å². The Bertz CT molecular complexity index is 1100. The highest BCUT2D eigenvalue weighted by Crippen LogP contribution is 2.26. The first-order chi connectivity index (χ1) is 27.6. The Morgan fingerprint density at radius 3 is 1.67 bits per heavy atom. The summed E-state index contributed by atoms with van der Waals surface area (Å²) in [5, 5.41) is 30.6. The van der Waals surface area contributed by atoms with E-state index in [0.29, 0.717) is 13.0 Å². The average molecular weight is 835 g/mol. The highest BCUT2D eigenvalue weighted by Gasteiger charge is 2.48. The topological polar surface area (TPSA) is 178 Å². The van der Waals surface area contributed by atoms with Gasteiger partial charge in [0.1, 0.15) is 30.5 Å². The zero-order chi connectivity index (χ0) is 41.8. The Hall–Kier alpha value is -1.42. The number of rotatable bonds is 39. The van der Waals surface area contributed by atoms with Crippen LogP contribution in [0.5, 0.6) is 0 Å². The molecule has 0 aromatic rings. The van der Waals surface area contributed by atoms with Crippen LogP contribution in [0.25, 0.3) is 0 Å². The van der Waals surface area contributed by atoms with Crippen LogP contribution in [0.2, 0.25) is 0 Å². The zero-order valence-corrected chi connectivity index (χ0v) is 36.5. The van der Waals surface area contributed by atoms with Gasteiger partial charge in [-0.15, -0.1) is 0 Å². The molecule has 1 aliphatic rings. The van der Waals surface area contributed by atoms with E-state index in [1.54, 1.807) is 0 Å². The zero-order valence-electron chi connectivity index (χ0n) is 35.7. The second-order valence-corrected chi connectivity index (χ2v) is 16.7. The highest BCUT2D eigenvalue weighted by molar-refractivity contribution is 7.80. The van der Waals surface area contributed by atoms with E-state index in [1.807, 2.05) is 0 Å². The summed E-state index contributed by atoms with van der Waals surface area (Å²) in [6.07, 6.45) is 30.9. The van der Waals surface area contributed by atoms with Crippen LogP contribution < -0.4 is 0 Å². The third-order valence-corrected chi connectivity index (χ3v) is 10.8. The number of hydrogen-bond donors (Lipinski definition) is 4. The minimum absolute atomic E-state index is 0.0368. The lowest BCUT2D eigenvalue weighted by molar-refractivity contribution is -0.301. The fourth-order valence-corrected chi connectivity index (χ4v) is 7.39. The predicted molar refractivity (Wildman–Crippen MR) is 225 cm³/mol. The van der Waals surface area contributed by atoms with Crippen molar-refractivity contribution in [2.75, 3.05) is 26.4 Å². The molecule has 13 heteroatoms. The smallest absolute Gasteiger partial charge is 0.397 e. The molecule has 4 N–H and O–H groups in total. The number of ether oxygens (including phenoxy) is 4. The van der Waals surface area contributed by atoms with Gasteiger partial charge in [0.05, 0.1) is 19.8 Å². The van der Waals surface area contributed by atoms with E-state index in [0.717, 1.165) is 44.9 Å². The summed E-state index contributed by atoms with van der Waals surface area (Å²) in [5.74, 6) is -0.404. The van der Waals surface area contributed by atoms with Gasteiger partial charge in [-0.2, -0.15) is 8.42 Å². The highest BCUT2D eigenvalue weighted by atomic mass is 32.3. The second-order valence-electron chi connectivity index (χ2n) is 15.6. The molecule has 0 bridgehead atoms. The molecular weight excluding hydrogens is 753 g/mol. The lowest BCUT2D eigenvalue weighted by atomic mass is 9.99. The molecule has 57 heavy (non-hydrogen) atoms. The van der Waals surface area contributed by atoms with E-state index >= 15 is 0 Å². The van der Waals surface area contributed by atoms with Crippen molar-refractivity contribution in [1.82, 2.24) is 0 Å². The van der Waals surface area contributed by atoms with E-state index in [9.17, 15) is 28.5 Å². The first-order valence-corrected chi connectivity index (χ1v) is 24.0. The quantitative estimate of drug-likeness (QED) is 0.0200. The van der Waals surface area contributed by atoms with Crippen LogP contribution in [-0.4, -0.2) is 97.5 Å².